The van der Waals surface area contributed by atoms with Crippen LogP contribution in [0.5, 0.6) is 0 Å². The van der Waals surface area contributed by atoms with Crippen molar-refractivity contribution in [2.75, 3.05) is 0 Å². The number of ether oxygens (including phenoxy) is 1. The Kier molecular flexibility index (Phi) is 5.65. The maximum absolute atomic E-state index is 11.6. The van der Waals surface area contributed by atoms with E-state index < -0.39 is 17.7 Å². The fourth-order valence-electron chi connectivity index (χ4n) is 1.49. The summed E-state index contributed by atoms with van der Waals surface area (Å²) in [4.78, 5) is 11.6. The summed E-state index contributed by atoms with van der Waals surface area (Å²) in [6, 6.07) is 5.24. The van der Waals surface area contributed by atoms with Gasteiger partial charge in [-0.3, -0.25) is 0 Å². The van der Waals surface area contributed by atoms with E-state index in [1.807, 2.05) is 6.07 Å². The summed E-state index contributed by atoms with van der Waals surface area (Å²) in [5.74, 6) is -0.604. The SMILES string of the molecule is CC(C)(C)OC(=O)C(O)CCc1ccc(Cl)c(Cl)c1. The molecule has 0 saturated carbocycles. The number of halogens is 2. The zero-order valence-electron chi connectivity index (χ0n) is 11.2. The zero-order valence-corrected chi connectivity index (χ0v) is 12.8. The Hall–Kier alpha value is -0.770. The fraction of sp³-hybridized carbons (Fsp3) is 0.500. The van der Waals surface area contributed by atoms with Gasteiger partial charge < -0.3 is 9.84 Å². The van der Waals surface area contributed by atoms with Gasteiger partial charge in [0, 0.05) is 0 Å². The number of hydrogen-bond acceptors (Lipinski definition) is 3. The van der Waals surface area contributed by atoms with E-state index in [0.717, 1.165) is 5.56 Å². The monoisotopic (exact) mass is 304 g/mol. The largest absolute Gasteiger partial charge is 0.458 e. The smallest absolute Gasteiger partial charge is 0.335 e. The lowest BCUT2D eigenvalue weighted by atomic mass is 10.1. The molecule has 0 aromatic heterocycles. The highest BCUT2D eigenvalue weighted by atomic mass is 35.5. The van der Waals surface area contributed by atoms with Gasteiger partial charge in [-0.15, -0.1) is 0 Å². The lowest BCUT2D eigenvalue weighted by Crippen LogP contribution is -2.32. The van der Waals surface area contributed by atoms with E-state index in [9.17, 15) is 9.90 Å². The third kappa shape index (κ3) is 5.81. The summed E-state index contributed by atoms with van der Waals surface area (Å²) in [5, 5.41) is 10.7. The van der Waals surface area contributed by atoms with E-state index in [1.54, 1.807) is 32.9 Å². The second-order valence-corrected chi connectivity index (χ2v) is 6.15. The number of carbonyl (C=O) groups excluding carboxylic acids is 1. The molecule has 0 bridgehead atoms. The number of aryl methyl sites for hydroxylation is 1. The number of esters is 1. The van der Waals surface area contributed by atoms with Crippen molar-refractivity contribution in [2.45, 2.75) is 45.3 Å². The maximum atomic E-state index is 11.6. The Labute approximate surface area is 123 Å². The maximum Gasteiger partial charge on any atom is 0.335 e. The van der Waals surface area contributed by atoms with Crippen LogP contribution < -0.4 is 0 Å². The highest BCUT2D eigenvalue weighted by Crippen LogP contribution is 2.23. The molecule has 0 spiro atoms. The second-order valence-electron chi connectivity index (χ2n) is 5.34. The molecule has 3 nitrogen and oxygen atoms in total. The Morgan fingerprint density at radius 1 is 1.32 bits per heavy atom. The Bertz CT molecular complexity index is 452. The van der Waals surface area contributed by atoms with E-state index in [1.165, 1.54) is 0 Å². The fourth-order valence-corrected chi connectivity index (χ4v) is 1.81. The molecule has 1 unspecified atom stereocenters. The molecule has 0 saturated heterocycles. The van der Waals surface area contributed by atoms with Crippen LogP contribution >= 0.6 is 23.2 Å². The van der Waals surface area contributed by atoms with Crippen molar-refractivity contribution in [1.82, 2.24) is 0 Å². The molecule has 1 atom stereocenters. The molecule has 0 heterocycles. The Morgan fingerprint density at radius 3 is 2.47 bits per heavy atom. The Morgan fingerprint density at radius 2 is 1.95 bits per heavy atom. The van der Waals surface area contributed by atoms with Crippen molar-refractivity contribution < 1.29 is 14.6 Å². The third-order valence-corrected chi connectivity index (χ3v) is 3.11. The van der Waals surface area contributed by atoms with Crippen LogP contribution in [-0.2, 0) is 16.0 Å². The summed E-state index contributed by atoms with van der Waals surface area (Å²) in [6.45, 7) is 5.28. The number of aliphatic hydroxyl groups excluding tert-OH is 1. The molecule has 1 aromatic carbocycles. The van der Waals surface area contributed by atoms with Gasteiger partial charge in [-0.05, 0) is 51.3 Å². The van der Waals surface area contributed by atoms with Gasteiger partial charge in [-0.2, -0.15) is 0 Å². The molecule has 0 aliphatic carbocycles. The molecule has 19 heavy (non-hydrogen) atoms. The molecule has 1 aromatic rings. The minimum atomic E-state index is -1.13. The van der Waals surface area contributed by atoms with Crippen LogP contribution in [0.3, 0.4) is 0 Å². The van der Waals surface area contributed by atoms with Crippen molar-refractivity contribution >= 4 is 29.2 Å². The first kappa shape index (κ1) is 16.3. The van der Waals surface area contributed by atoms with Crippen molar-refractivity contribution in [3.63, 3.8) is 0 Å². The summed E-state index contributed by atoms with van der Waals surface area (Å²) >= 11 is 11.7. The van der Waals surface area contributed by atoms with Crippen LogP contribution in [0.15, 0.2) is 18.2 Å². The van der Waals surface area contributed by atoms with E-state index >= 15 is 0 Å². The third-order valence-electron chi connectivity index (χ3n) is 2.37. The highest BCUT2D eigenvalue weighted by molar-refractivity contribution is 6.42. The summed E-state index contributed by atoms with van der Waals surface area (Å²) < 4.78 is 5.09. The lowest BCUT2D eigenvalue weighted by Gasteiger charge is -2.21. The predicted molar refractivity (Wildman–Crippen MR) is 76.6 cm³/mol. The van der Waals surface area contributed by atoms with Crippen LogP contribution in [0.25, 0.3) is 0 Å². The van der Waals surface area contributed by atoms with E-state index in [0.29, 0.717) is 16.5 Å². The molecule has 0 radical (unpaired) electrons. The molecule has 0 aliphatic heterocycles. The predicted octanol–water partition coefficient (Wildman–Crippen LogP) is 3.63. The van der Waals surface area contributed by atoms with Gasteiger partial charge in [0.2, 0.25) is 0 Å². The van der Waals surface area contributed by atoms with Gasteiger partial charge >= 0.3 is 5.97 Å². The van der Waals surface area contributed by atoms with E-state index in [-0.39, 0.29) is 6.42 Å². The molecule has 1 rings (SSSR count). The van der Waals surface area contributed by atoms with Crippen LogP contribution in [-0.4, -0.2) is 22.8 Å². The number of aliphatic hydroxyl groups is 1. The molecular formula is C14H18Cl2O3. The summed E-state index contributed by atoms with van der Waals surface area (Å²) in [5.41, 5.74) is 0.318. The van der Waals surface area contributed by atoms with Crippen LogP contribution in [0.2, 0.25) is 10.0 Å². The van der Waals surface area contributed by atoms with Gasteiger partial charge in [-0.1, -0.05) is 29.3 Å². The van der Waals surface area contributed by atoms with Gasteiger partial charge in [0.05, 0.1) is 10.0 Å². The van der Waals surface area contributed by atoms with E-state index in [4.69, 9.17) is 27.9 Å². The normalized spacial score (nSPS) is 13.2. The summed E-state index contributed by atoms with van der Waals surface area (Å²) in [7, 11) is 0. The van der Waals surface area contributed by atoms with Crippen molar-refractivity contribution in [2.24, 2.45) is 0 Å². The van der Waals surface area contributed by atoms with Crippen molar-refractivity contribution in [1.29, 1.82) is 0 Å². The molecule has 0 aliphatic rings. The standard InChI is InChI=1S/C14H18Cl2O3/c1-14(2,3)19-13(18)12(17)7-5-9-4-6-10(15)11(16)8-9/h4,6,8,12,17H,5,7H2,1-3H3. The first-order valence-electron chi connectivity index (χ1n) is 6.04. The van der Waals surface area contributed by atoms with Crippen molar-refractivity contribution in [3.05, 3.63) is 33.8 Å². The van der Waals surface area contributed by atoms with Crippen molar-refractivity contribution in [3.8, 4) is 0 Å². The summed E-state index contributed by atoms with van der Waals surface area (Å²) in [6.07, 6.45) is -0.321. The van der Waals surface area contributed by atoms with Crippen LogP contribution in [0, 0.1) is 0 Å². The molecule has 106 valence electrons. The van der Waals surface area contributed by atoms with Gasteiger partial charge in [0.15, 0.2) is 6.10 Å². The highest BCUT2D eigenvalue weighted by Gasteiger charge is 2.22. The Balaban J connectivity index is 2.52. The topological polar surface area (TPSA) is 46.5 Å². The number of benzene rings is 1. The second kappa shape index (κ2) is 6.60. The van der Waals surface area contributed by atoms with Crippen LogP contribution in [0.1, 0.15) is 32.8 Å². The first-order chi connectivity index (χ1) is 8.69. The number of hydrogen-bond donors (Lipinski definition) is 1. The number of rotatable bonds is 4. The molecular weight excluding hydrogens is 287 g/mol. The van der Waals surface area contributed by atoms with Gasteiger partial charge in [-0.25, -0.2) is 4.79 Å². The molecule has 0 fully saturated rings. The molecule has 5 heteroatoms. The number of carbonyl (C=O) groups is 1. The van der Waals surface area contributed by atoms with Crippen LogP contribution in [0.4, 0.5) is 0 Å². The minimum Gasteiger partial charge on any atom is -0.458 e. The first-order valence-corrected chi connectivity index (χ1v) is 6.79. The lowest BCUT2D eigenvalue weighted by molar-refractivity contribution is -0.165. The quantitative estimate of drug-likeness (QED) is 0.864. The molecule has 0 amide bonds. The van der Waals surface area contributed by atoms with Gasteiger partial charge in [0.25, 0.3) is 0 Å². The average Bonchev–Trinajstić information content (AvgIpc) is 2.28. The van der Waals surface area contributed by atoms with E-state index in [2.05, 4.69) is 0 Å². The molecule has 1 N–H and O–H groups in total. The minimum absolute atomic E-state index is 0.285. The zero-order chi connectivity index (χ0) is 14.6. The average molecular weight is 305 g/mol. The van der Waals surface area contributed by atoms with Gasteiger partial charge in [0.1, 0.15) is 5.60 Å².